The zero-order valence-electron chi connectivity index (χ0n) is 16.7. The van der Waals surface area contributed by atoms with Crippen molar-refractivity contribution in [2.45, 2.75) is 39.8 Å². The lowest BCUT2D eigenvalue weighted by atomic mass is 10.1. The molecule has 0 saturated carbocycles. The smallest absolute Gasteiger partial charge is 0.191 e. The van der Waals surface area contributed by atoms with E-state index in [1.807, 2.05) is 27.9 Å². The SMILES string of the molecule is CCNC(=NCc1ccc(C)cc1N(C)C)NC(C)CCS(C)(=O)=O.I. The van der Waals surface area contributed by atoms with Crippen LogP contribution in [0.25, 0.3) is 0 Å². The van der Waals surface area contributed by atoms with E-state index < -0.39 is 9.84 Å². The molecule has 0 aliphatic heterocycles. The van der Waals surface area contributed by atoms with E-state index in [4.69, 9.17) is 0 Å². The molecule has 1 aromatic carbocycles. The minimum atomic E-state index is -2.95. The summed E-state index contributed by atoms with van der Waals surface area (Å²) in [6, 6.07) is 6.37. The van der Waals surface area contributed by atoms with Crippen molar-refractivity contribution in [3.63, 3.8) is 0 Å². The van der Waals surface area contributed by atoms with E-state index in [0.717, 1.165) is 17.8 Å². The normalized spacial score (nSPS) is 12.9. The Balaban J connectivity index is 0.00000625. The third-order valence-corrected chi connectivity index (χ3v) is 4.76. The van der Waals surface area contributed by atoms with E-state index in [0.29, 0.717) is 18.9 Å². The molecule has 0 bridgehead atoms. The lowest BCUT2D eigenvalue weighted by Gasteiger charge is -2.19. The van der Waals surface area contributed by atoms with E-state index in [2.05, 4.69) is 45.6 Å². The number of aliphatic imine (C=N–C) groups is 1. The highest BCUT2D eigenvalue weighted by Crippen LogP contribution is 2.21. The van der Waals surface area contributed by atoms with E-state index in [-0.39, 0.29) is 35.8 Å². The summed E-state index contributed by atoms with van der Waals surface area (Å²) >= 11 is 0. The molecule has 1 rings (SSSR count). The molecule has 26 heavy (non-hydrogen) atoms. The van der Waals surface area contributed by atoms with Crippen LogP contribution in [0.4, 0.5) is 5.69 Å². The van der Waals surface area contributed by atoms with Gasteiger partial charge in [0.1, 0.15) is 9.84 Å². The third kappa shape index (κ3) is 9.61. The molecular weight excluding hydrogens is 463 g/mol. The Hall–Kier alpha value is -1.03. The van der Waals surface area contributed by atoms with E-state index in [9.17, 15) is 8.42 Å². The van der Waals surface area contributed by atoms with Gasteiger partial charge in [-0.25, -0.2) is 13.4 Å². The van der Waals surface area contributed by atoms with Gasteiger partial charge in [0.25, 0.3) is 0 Å². The highest BCUT2D eigenvalue weighted by molar-refractivity contribution is 14.0. The number of hydrogen-bond donors (Lipinski definition) is 2. The summed E-state index contributed by atoms with van der Waals surface area (Å²) in [6.07, 6.45) is 1.82. The van der Waals surface area contributed by atoms with Crippen LogP contribution in [0.3, 0.4) is 0 Å². The Kier molecular flexibility index (Phi) is 11.2. The minimum absolute atomic E-state index is 0. The molecule has 0 aliphatic rings. The predicted octanol–water partition coefficient (Wildman–Crippen LogP) is 2.56. The van der Waals surface area contributed by atoms with Crippen molar-refractivity contribution in [1.82, 2.24) is 10.6 Å². The van der Waals surface area contributed by atoms with Crippen LogP contribution < -0.4 is 15.5 Å². The van der Waals surface area contributed by atoms with Gasteiger partial charge in [-0.05, 0) is 44.4 Å². The van der Waals surface area contributed by atoms with Gasteiger partial charge in [-0.15, -0.1) is 24.0 Å². The maximum atomic E-state index is 11.3. The lowest BCUT2D eigenvalue weighted by Crippen LogP contribution is -2.42. The number of guanidine groups is 1. The van der Waals surface area contributed by atoms with Crippen molar-refractivity contribution in [3.05, 3.63) is 29.3 Å². The first-order valence-corrected chi connectivity index (χ1v) is 10.7. The molecule has 1 unspecified atom stereocenters. The fourth-order valence-corrected chi connectivity index (χ4v) is 3.19. The van der Waals surface area contributed by atoms with Crippen molar-refractivity contribution >= 4 is 45.5 Å². The summed E-state index contributed by atoms with van der Waals surface area (Å²) < 4.78 is 22.6. The molecule has 0 aliphatic carbocycles. The second kappa shape index (κ2) is 11.6. The molecule has 150 valence electrons. The van der Waals surface area contributed by atoms with Gasteiger partial charge in [-0.1, -0.05) is 12.1 Å². The number of halogens is 1. The fourth-order valence-electron chi connectivity index (χ4n) is 2.40. The summed E-state index contributed by atoms with van der Waals surface area (Å²) in [5.41, 5.74) is 3.53. The Morgan fingerprint density at radius 3 is 2.50 bits per heavy atom. The van der Waals surface area contributed by atoms with Gasteiger partial charge in [0, 0.05) is 38.6 Å². The molecule has 0 heterocycles. The van der Waals surface area contributed by atoms with Crippen molar-refractivity contribution in [3.8, 4) is 0 Å². The van der Waals surface area contributed by atoms with Gasteiger partial charge in [0.2, 0.25) is 0 Å². The summed E-state index contributed by atoms with van der Waals surface area (Å²) in [5, 5.41) is 6.50. The summed E-state index contributed by atoms with van der Waals surface area (Å²) in [5.74, 6) is 0.873. The predicted molar refractivity (Wildman–Crippen MR) is 123 cm³/mol. The maximum absolute atomic E-state index is 11.3. The first kappa shape index (κ1) is 25.0. The molecule has 0 aromatic heterocycles. The van der Waals surface area contributed by atoms with E-state index in [1.54, 1.807) is 0 Å². The molecule has 0 amide bonds. The molecular formula is C18H33IN4O2S. The quantitative estimate of drug-likeness (QED) is 0.329. The second-order valence-corrected chi connectivity index (χ2v) is 8.95. The topological polar surface area (TPSA) is 73.8 Å². The van der Waals surface area contributed by atoms with Gasteiger partial charge >= 0.3 is 0 Å². The Labute approximate surface area is 175 Å². The molecule has 1 aromatic rings. The van der Waals surface area contributed by atoms with Gasteiger partial charge in [-0.2, -0.15) is 0 Å². The molecule has 6 nitrogen and oxygen atoms in total. The standard InChI is InChI=1S/C18H32N4O2S.HI/c1-7-19-18(21-15(3)10-11-25(6,23)24)20-13-16-9-8-14(2)12-17(16)22(4)5;/h8-9,12,15H,7,10-11,13H2,1-6H3,(H2,19,20,21);1H. The highest BCUT2D eigenvalue weighted by atomic mass is 127. The zero-order chi connectivity index (χ0) is 19.0. The van der Waals surface area contributed by atoms with Gasteiger partial charge in [-0.3, -0.25) is 0 Å². The highest BCUT2D eigenvalue weighted by Gasteiger charge is 2.10. The van der Waals surface area contributed by atoms with Gasteiger partial charge in [0.05, 0.1) is 12.3 Å². The maximum Gasteiger partial charge on any atom is 0.191 e. The van der Waals surface area contributed by atoms with E-state index >= 15 is 0 Å². The fraction of sp³-hybridized carbons (Fsp3) is 0.611. The van der Waals surface area contributed by atoms with Crippen LogP contribution in [-0.4, -0.2) is 53.1 Å². The Morgan fingerprint density at radius 2 is 1.96 bits per heavy atom. The number of sulfone groups is 1. The van der Waals surface area contributed by atoms with Crippen LogP contribution in [0.15, 0.2) is 23.2 Å². The molecule has 8 heteroatoms. The van der Waals surface area contributed by atoms with Crippen LogP contribution in [0.2, 0.25) is 0 Å². The lowest BCUT2D eigenvalue weighted by molar-refractivity contribution is 0.581. The van der Waals surface area contributed by atoms with Crippen LogP contribution in [0, 0.1) is 6.92 Å². The number of nitrogens with one attached hydrogen (secondary N) is 2. The molecule has 0 spiro atoms. The summed E-state index contributed by atoms with van der Waals surface area (Å²) in [6.45, 7) is 7.36. The van der Waals surface area contributed by atoms with Crippen molar-refractivity contribution < 1.29 is 8.42 Å². The average Bonchev–Trinajstić information content (AvgIpc) is 2.51. The van der Waals surface area contributed by atoms with Crippen molar-refractivity contribution in [2.24, 2.45) is 4.99 Å². The summed E-state index contributed by atoms with van der Waals surface area (Å²) in [7, 11) is 1.11. The van der Waals surface area contributed by atoms with Crippen LogP contribution in [0.5, 0.6) is 0 Å². The number of rotatable bonds is 8. The number of nitrogens with zero attached hydrogens (tertiary/aromatic N) is 2. The second-order valence-electron chi connectivity index (χ2n) is 6.69. The molecule has 0 radical (unpaired) electrons. The summed E-state index contributed by atoms with van der Waals surface area (Å²) in [4.78, 5) is 6.75. The largest absolute Gasteiger partial charge is 0.377 e. The number of aryl methyl sites for hydroxylation is 1. The van der Waals surface area contributed by atoms with Crippen LogP contribution >= 0.6 is 24.0 Å². The third-order valence-electron chi connectivity index (χ3n) is 3.78. The zero-order valence-corrected chi connectivity index (χ0v) is 19.8. The number of anilines is 1. The average molecular weight is 496 g/mol. The van der Waals surface area contributed by atoms with Gasteiger partial charge < -0.3 is 15.5 Å². The first-order chi connectivity index (χ1) is 11.6. The Bertz CT molecular complexity index is 690. The monoisotopic (exact) mass is 496 g/mol. The van der Waals surface area contributed by atoms with Gasteiger partial charge in [0.15, 0.2) is 5.96 Å². The minimum Gasteiger partial charge on any atom is -0.377 e. The number of hydrogen-bond acceptors (Lipinski definition) is 4. The number of benzene rings is 1. The first-order valence-electron chi connectivity index (χ1n) is 8.61. The Morgan fingerprint density at radius 1 is 1.31 bits per heavy atom. The van der Waals surface area contributed by atoms with Crippen molar-refractivity contribution in [1.29, 1.82) is 0 Å². The molecule has 0 fully saturated rings. The van der Waals surface area contributed by atoms with Crippen LogP contribution in [-0.2, 0) is 16.4 Å². The molecule has 0 saturated heterocycles. The molecule has 1 atom stereocenters. The van der Waals surface area contributed by atoms with Crippen molar-refractivity contribution in [2.75, 3.05) is 37.5 Å². The van der Waals surface area contributed by atoms with E-state index in [1.165, 1.54) is 11.8 Å². The molecule has 2 N–H and O–H groups in total. The van der Waals surface area contributed by atoms with Crippen LogP contribution in [0.1, 0.15) is 31.4 Å².